The van der Waals surface area contributed by atoms with Gasteiger partial charge in [-0.2, -0.15) is 0 Å². The quantitative estimate of drug-likeness (QED) is 0.452. The van der Waals surface area contributed by atoms with Crippen molar-refractivity contribution < 1.29 is 19.5 Å². The van der Waals surface area contributed by atoms with Crippen LogP contribution in [0.3, 0.4) is 0 Å². The Morgan fingerprint density at radius 3 is 2.66 bits per heavy atom. The molecule has 6 heteroatoms. The molecule has 35 heavy (non-hydrogen) atoms. The number of fused-ring (bicyclic) bond motifs is 1. The number of hydrogen-bond acceptors (Lipinski definition) is 4. The number of carbonyl (C=O) groups is 3. The highest BCUT2D eigenvalue weighted by Gasteiger charge is 2.66. The number of aliphatic hydroxyl groups excluding tert-OH is 1. The first-order valence-electron chi connectivity index (χ1n) is 12.7. The van der Waals surface area contributed by atoms with E-state index in [1.165, 1.54) is 0 Å². The molecule has 1 aliphatic heterocycles. The molecule has 1 aromatic heterocycles. The maximum Gasteiger partial charge on any atom is 0.235 e. The molecular weight excluding hydrogens is 440 g/mol. The van der Waals surface area contributed by atoms with Crippen LogP contribution >= 0.6 is 0 Å². The van der Waals surface area contributed by atoms with Crippen LogP contribution in [0.2, 0.25) is 0 Å². The third-order valence-corrected chi connectivity index (χ3v) is 8.65. The van der Waals surface area contributed by atoms with E-state index >= 15 is 0 Å². The summed E-state index contributed by atoms with van der Waals surface area (Å²) in [6.07, 6.45) is 6.73. The first kappa shape index (κ1) is 23.7. The van der Waals surface area contributed by atoms with Crippen LogP contribution < -0.4 is 5.32 Å². The van der Waals surface area contributed by atoms with E-state index in [2.05, 4.69) is 16.4 Å². The van der Waals surface area contributed by atoms with Gasteiger partial charge in [0.25, 0.3) is 0 Å². The molecule has 0 bridgehead atoms. The van der Waals surface area contributed by atoms with E-state index in [1.54, 1.807) is 0 Å². The molecule has 6 nitrogen and oxygen atoms in total. The van der Waals surface area contributed by atoms with E-state index in [-0.39, 0.29) is 48.2 Å². The van der Waals surface area contributed by atoms with Gasteiger partial charge in [-0.15, -0.1) is 0 Å². The number of amides is 1. The number of carbonyl (C=O) groups excluding carboxylic acids is 3. The Labute approximate surface area is 205 Å². The summed E-state index contributed by atoms with van der Waals surface area (Å²) in [6.45, 7) is 5.87. The van der Waals surface area contributed by atoms with Crippen LogP contribution in [0.4, 0.5) is 0 Å². The molecule has 1 unspecified atom stereocenters. The number of H-pyrrole nitrogens is 1. The third-order valence-electron chi connectivity index (χ3n) is 8.65. The van der Waals surface area contributed by atoms with Gasteiger partial charge in [0.05, 0.1) is 6.10 Å². The molecule has 6 atom stereocenters. The van der Waals surface area contributed by atoms with Gasteiger partial charge in [0.2, 0.25) is 5.91 Å². The number of ketones is 2. The summed E-state index contributed by atoms with van der Waals surface area (Å²) in [5, 5.41) is 15.6. The molecule has 2 aromatic rings. The van der Waals surface area contributed by atoms with Gasteiger partial charge in [0.1, 0.15) is 17.0 Å². The Bertz CT molecular complexity index is 1250. The molecule has 1 amide bonds. The van der Waals surface area contributed by atoms with Crippen molar-refractivity contribution in [3.63, 3.8) is 0 Å². The Balaban J connectivity index is 1.62. The van der Waals surface area contributed by atoms with Crippen molar-refractivity contribution in [3.8, 4) is 0 Å². The summed E-state index contributed by atoms with van der Waals surface area (Å²) in [4.78, 5) is 43.7. The lowest BCUT2D eigenvalue weighted by Gasteiger charge is -2.46. The number of para-hydroxylation sites is 1. The maximum absolute atomic E-state index is 14.0. The Kier molecular flexibility index (Phi) is 6.04. The molecule has 3 aliphatic rings. The molecule has 1 fully saturated rings. The van der Waals surface area contributed by atoms with Crippen LogP contribution in [-0.4, -0.2) is 39.7 Å². The number of rotatable bonds is 2. The first-order valence-corrected chi connectivity index (χ1v) is 12.7. The minimum absolute atomic E-state index is 0.0265. The molecule has 0 radical (unpaired) electrons. The maximum atomic E-state index is 14.0. The van der Waals surface area contributed by atoms with Gasteiger partial charge in [0, 0.05) is 54.2 Å². The fraction of sp³-hybridized carbons (Fsp3) is 0.483. The van der Waals surface area contributed by atoms with Crippen molar-refractivity contribution in [2.45, 2.75) is 65.0 Å². The molecule has 2 heterocycles. The normalized spacial score (nSPS) is 34.9. The van der Waals surface area contributed by atoms with E-state index in [0.717, 1.165) is 27.6 Å². The Hall–Kier alpha value is -2.99. The first-order chi connectivity index (χ1) is 16.7. The van der Waals surface area contributed by atoms with Crippen molar-refractivity contribution in [1.29, 1.82) is 0 Å². The number of benzene rings is 1. The Morgan fingerprint density at radius 1 is 1.09 bits per heavy atom. The number of aliphatic hydroxyl groups is 1. The van der Waals surface area contributed by atoms with Crippen LogP contribution in [0.15, 0.2) is 53.8 Å². The van der Waals surface area contributed by atoms with E-state index in [4.69, 9.17) is 0 Å². The zero-order valence-corrected chi connectivity index (χ0v) is 20.6. The van der Waals surface area contributed by atoms with Crippen molar-refractivity contribution in [3.05, 3.63) is 59.3 Å². The third kappa shape index (κ3) is 3.70. The summed E-state index contributed by atoms with van der Waals surface area (Å²) >= 11 is 0. The average Bonchev–Trinajstić information content (AvgIpc) is 3.36. The van der Waals surface area contributed by atoms with Gasteiger partial charge in [-0.3, -0.25) is 14.4 Å². The summed E-state index contributed by atoms with van der Waals surface area (Å²) in [5.41, 5.74) is 2.42. The lowest BCUT2D eigenvalue weighted by atomic mass is 9.54. The molecule has 1 spiro atoms. The van der Waals surface area contributed by atoms with Gasteiger partial charge >= 0.3 is 0 Å². The molecule has 184 valence electrons. The van der Waals surface area contributed by atoms with Crippen molar-refractivity contribution >= 4 is 28.4 Å². The van der Waals surface area contributed by atoms with Crippen LogP contribution in [-0.2, 0) is 20.8 Å². The van der Waals surface area contributed by atoms with Crippen LogP contribution in [0.25, 0.3) is 10.9 Å². The lowest BCUT2D eigenvalue weighted by Crippen LogP contribution is -2.55. The molecule has 1 aromatic carbocycles. The fourth-order valence-corrected chi connectivity index (χ4v) is 6.77. The monoisotopic (exact) mass is 474 g/mol. The Morgan fingerprint density at radius 2 is 1.86 bits per heavy atom. The summed E-state index contributed by atoms with van der Waals surface area (Å²) in [5.74, 6) is -1.38. The van der Waals surface area contributed by atoms with E-state index in [0.29, 0.717) is 19.3 Å². The summed E-state index contributed by atoms with van der Waals surface area (Å²) in [6, 6.07) is 7.76. The lowest BCUT2D eigenvalue weighted by molar-refractivity contribution is -0.148. The second-order valence-corrected chi connectivity index (χ2v) is 10.8. The predicted octanol–water partition coefficient (Wildman–Crippen LogP) is 4.04. The van der Waals surface area contributed by atoms with E-state index < -0.39 is 17.4 Å². The second-order valence-electron chi connectivity index (χ2n) is 10.8. The van der Waals surface area contributed by atoms with Crippen LogP contribution in [0.5, 0.6) is 0 Å². The van der Waals surface area contributed by atoms with Crippen LogP contribution in [0, 0.1) is 23.2 Å². The van der Waals surface area contributed by atoms with Gasteiger partial charge in [-0.1, -0.05) is 42.8 Å². The number of nitrogens with one attached hydrogen (secondary N) is 2. The topological polar surface area (TPSA) is 99.3 Å². The highest BCUT2D eigenvalue weighted by atomic mass is 16.3. The number of aromatic nitrogens is 1. The van der Waals surface area contributed by atoms with Crippen molar-refractivity contribution in [2.75, 3.05) is 0 Å². The highest BCUT2D eigenvalue weighted by molar-refractivity contribution is 6.10. The zero-order chi connectivity index (χ0) is 24.9. The van der Waals surface area contributed by atoms with Gasteiger partial charge in [-0.05, 0) is 49.8 Å². The molecular formula is C29H34N2O4. The summed E-state index contributed by atoms with van der Waals surface area (Å²) < 4.78 is 0. The largest absolute Gasteiger partial charge is 0.388 e. The van der Waals surface area contributed by atoms with Gasteiger partial charge in [0.15, 0.2) is 0 Å². The summed E-state index contributed by atoms with van der Waals surface area (Å²) in [7, 11) is 0. The highest BCUT2D eigenvalue weighted by Crippen LogP contribution is 2.55. The predicted molar refractivity (Wildman–Crippen MR) is 135 cm³/mol. The second kappa shape index (κ2) is 8.90. The number of aromatic amines is 1. The van der Waals surface area contributed by atoms with Gasteiger partial charge in [-0.25, -0.2) is 0 Å². The molecule has 2 aliphatic carbocycles. The van der Waals surface area contributed by atoms with E-state index in [1.807, 2.05) is 57.3 Å². The van der Waals surface area contributed by atoms with Crippen LogP contribution in [0.1, 0.15) is 52.0 Å². The van der Waals surface area contributed by atoms with Crippen molar-refractivity contribution in [2.24, 2.45) is 23.2 Å². The molecule has 3 N–H and O–H groups in total. The average molecular weight is 475 g/mol. The number of hydrogen-bond donors (Lipinski definition) is 3. The van der Waals surface area contributed by atoms with Gasteiger partial charge < -0.3 is 15.4 Å². The molecule has 5 rings (SSSR count). The minimum atomic E-state index is -1.41. The molecule has 1 saturated heterocycles. The fourth-order valence-electron chi connectivity index (χ4n) is 6.77. The SMILES string of the molecule is CC1=C(C)[C@H]2C(Cc3c[nH]c4ccccc34)NC(=O)[C@]23C(=O)CCC(=O)C[C@@H](C)C/C=C/[C@H]3[C@@H]1O. The number of Topliss-reactive ketones (excluding diaryl/α,β-unsaturated/α-hetero) is 2. The molecule has 0 saturated carbocycles. The number of allylic oxidation sites excluding steroid dienone is 1. The van der Waals surface area contributed by atoms with Crippen molar-refractivity contribution in [1.82, 2.24) is 10.3 Å². The standard InChI is InChI=1S/C29H34N2O4/c1-16-7-6-9-22-27(34)18(3)17(2)26-24(14-19-15-30-23-10-5-4-8-21(19)23)31-28(35)29(22,26)25(33)12-11-20(32)13-16/h4-6,8-10,15-16,22,24,26-27,30,34H,7,11-14H2,1-3H3,(H,31,35)/b9-6+/t16-,22-,24?,26-,27+,29+/m0/s1. The minimum Gasteiger partial charge on any atom is -0.388 e. The van der Waals surface area contributed by atoms with E-state index in [9.17, 15) is 19.5 Å². The zero-order valence-electron chi connectivity index (χ0n) is 20.6. The smallest absolute Gasteiger partial charge is 0.235 e.